The highest BCUT2D eigenvalue weighted by Gasteiger charge is 2.40. The zero-order valence-electron chi connectivity index (χ0n) is 16.9. The molecule has 0 bridgehead atoms. The van der Waals surface area contributed by atoms with Crippen molar-refractivity contribution in [1.82, 2.24) is 4.90 Å². The van der Waals surface area contributed by atoms with Crippen LogP contribution in [0.1, 0.15) is 57.5 Å². The van der Waals surface area contributed by atoms with E-state index < -0.39 is 16.7 Å². The van der Waals surface area contributed by atoms with Crippen molar-refractivity contribution >= 4 is 29.1 Å². The van der Waals surface area contributed by atoms with Crippen molar-refractivity contribution in [2.24, 2.45) is 0 Å². The Kier molecular flexibility index (Phi) is 6.25. The van der Waals surface area contributed by atoms with Crippen LogP contribution in [0.15, 0.2) is 36.4 Å². The Bertz CT molecular complexity index is 1010. The lowest BCUT2D eigenvalue weighted by Crippen LogP contribution is -2.30. The van der Waals surface area contributed by atoms with Gasteiger partial charge in [-0.1, -0.05) is 30.7 Å². The molecular formula is C22H23N3O5. The third-order valence-electron chi connectivity index (χ3n) is 5.20. The van der Waals surface area contributed by atoms with E-state index in [4.69, 9.17) is 0 Å². The maximum Gasteiger partial charge on any atom is 0.282 e. The molecule has 156 valence electrons. The molecule has 2 aromatic rings. The largest absolute Gasteiger partial charge is 0.326 e. The number of fused-ring (bicyclic) bond motifs is 1. The SMILES string of the molecule is Cc1cccc(C)c1NC(=O)CCCCCN1C(=O)c2cccc([N+](=O)[O-])c2C1=O. The molecule has 3 rings (SSSR count). The van der Waals surface area contributed by atoms with E-state index in [-0.39, 0.29) is 29.3 Å². The van der Waals surface area contributed by atoms with E-state index in [1.165, 1.54) is 18.2 Å². The molecule has 3 amide bonds. The van der Waals surface area contributed by atoms with Crippen molar-refractivity contribution in [2.75, 3.05) is 11.9 Å². The monoisotopic (exact) mass is 409 g/mol. The van der Waals surface area contributed by atoms with E-state index in [1.807, 2.05) is 32.0 Å². The zero-order chi connectivity index (χ0) is 21.8. The highest BCUT2D eigenvalue weighted by molar-refractivity contribution is 6.23. The number of rotatable bonds is 8. The molecule has 0 fully saturated rings. The maximum absolute atomic E-state index is 12.5. The van der Waals surface area contributed by atoms with E-state index >= 15 is 0 Å². The molecule has 0 radical (unpaired) electrons. The van der Waals surface area contributed by atoms with Crippen LogP contribution in [0, 0.1) is 24.0 Å². The minimum absolute atomic E-state index is 0.0715. The second-order valence-electron chi connectivity index (χ2n) is 7.34. The third-order valence-corrected chi connectivity index (χ3v) is 5.20. The van der Waals surface area contributed by atoms with Gasteiger partial charge in [0.15, 0.2) is 0 Å². The molecule has 8 nitrogen and oxygen atoms in total. The first-order valence-electron chi connectivity index (χ1n) is 9.81. The molecule has 1 N–H and O–H groups in total. The number of nitrogens with zero attached hydrogens (tertiary/aromatic N) is 2. The Morgan fingerprint density at radius 1 is 1.00 bits per heavy atom. The van der Waals surface area contributed by atoms with Crippen LogP contribution < -0.4 is 5.32 Å². The first-order chi connectivity index (χ1) is 14.3. The number of imide groups is 1. The summed E-state index contributed by atoms with van der Waals surface area (Å²) in [4.78, 5) is 48.7. The van der Waals surface area contributed by atoms with E-state index in [0.717, 1.165) is 21.7 Å². The highest BCUT2D eigenvalue weighted by atomic mass is 16.6. The predicted octanol–water partition coefficient (Wildman–Crippen LogP) is 4.01. The van der Waals surface area contributed by atoms with E-state index in [0.29, 0.717) is 25.7 Å². The summed E-state index contributed by atoms with van der Waals surface area (Å²) in [6, 6.07) is 9.88. The standard InChI is InChI=1S/C22H23N3O5/c1-14-8-6-9-15(2)20(14)23-18(26)12-4-3-5-13-24-21(27)16-10-7-11-17(25(29)30)19(16)22(24)28/h6-11H,3-5,12-13H2,1-2H3,(H,23,26). The van der Waals surface area contributed by atoms with Crippen LogP contribution in [0.3, 0.4) is 0 Å². The number of amides is 3. The number of hydrogen-bond acceptors (Lipinski definition) is 5. The maximum atomic E-state index is 12.5. The summed E-state index contributed by atoms with van der Waals surface area (Å²) < 4.78 is 0. The van der Waals surface area contributed by atoms with Crippen LogP contribution in [0.4, 0.5) is 11.4 Å². The minimum Gasteiger partial charge on any atom is -0.326 e. The number of unbranched alkanes of at least 4 members (excludes halogenated alkanes) is 2. The summed E-state index contributed by atoms with van der Waals surface area (Å²) in [6.45, 7) is 4.05. The van der Waals surface area contributed by atoms with E-state index in [1.54, 1.807) is 0 Å². The van der Waals surface area contributed by atoms with Gasteiger partial charge in [-0.15, -0.1) is 0 Å². The second kappa shape index (κ2) is 8.86. The van der Waals surface area contributed by atoms with Gasteiger partial charge in [0.25, 0.3) is 17.5 Å². The molecule has 0 aromatic heterocycles. The van der Waals surface area contributed by atoms with Crippen LogP contribution in [0.2, 0.25) is 0 Å². The number of carbonyl (C=O) groups excluding carboxylic acids is 3. The van der Waals surface area contributed by atoms with Crippen LogP contribution in [-0.4, -0.2) is 34.1 Å². The molecule has 1 aliphatic rings. The Labute approximate surface area is 174 Å². The van der Waals surface area contributed by atoms with Gasteiger partial charge >= 0.3 is 0 Å². The summed E-state index contributed by atoms with van der Waals surface area (Å²) in [5, 5.41) is 14.1. The molecule has 0 saturated carbocycles. The number of hydrogen-bond donors (Lipinski definition) is 1. The lowest BCUT2D eigenvalue weighted by Gasteiger charge is -2.13. The Morgan fingerprint density at radius 3 is 2.33 bits per heavy atom. The lowest BCUT2D eigenvalue weighted by atomic mass is 10.1. The topological polar surface area (TPSA) is 110 Å². The van der Waals surface area contributed by atoms with E-state index in [9.17, 15) is 24.5 Å². The average Bonchev–Trinajstić information content (AvgIpc) is 2.95. The molecule has 0 saturated heterocycles. The van der Waals surface area contributed by atoms with Gasteiger partial charge in [-0.2, -0.15) is 0 Å². The van der Waals surface area contributed by atoms with Gasteiger partial charge in [0.2, 0.25) is 5.91 Å². The molecule has 0 atom stereocenters. The van der Waals surface area contributed by atoms with Crippen LogP contribution in [0.25, 0.3) is 0 Å². The average molecular weight is 409 g/mol. The first-order valence-corrected chi connectivity index (χ1v) is 9.81. The molecule has 0 unspecified atom stereocenters. The Hall–Kier alpha value is -3.55. The summed E-state index contributed by atoms with van der Waals surface area (Å²) in [6.07, 6.45) is 2.12. The molecular weight excluding hydrogens is 386 g/mol. The first kappa shape index (κ1) is 21.2. The fraction of sp³-hybridized carbons (Fsp3) is 0.318. The van der Waals surface area contributed by atoms with Crippen molar-refractivity contribution < 1.29 is 19.3 Å². The number of nitro groups is 1. The van der Waals surface area contributed by atoms with Crippen molar-refractivity contribution in [1.29, 1.82) is 0 Å². The molecule has 0 aliphatic carbocycles. The summed E-state index contributed by atoms with van der Waals surface area (Å²) in [5.74, 6) is -1.22. The molecule has 30 heavy (non-hydrogen) atoms. The molecule has 1 heterocycles. The van der Waals surface area contributed by atoms with Gasteiger partial charge in [0.1, 0.15) is 5.56 Å². The number of nitro benzene ring substituents is 1. The van der Waals surface area contributed by atoms with Gasteiger partial charge in [-0.25, -0.2) is 0 Å². The summed E-state index contributed by atoms with van der Waals surface area (Å²) >= 11 is 0. The molecule has 2 aromatic carbocycles. The Balaban J connectivity index is 1.49. The van der Waals surface area contributed by atoms with Gasteiger partial charge in [0, 0.05) is 24.7 Å². The normalized spacial score (nSPS) is 12.8. The molecule has 0 spiro atoms. The van der Waals surface area contributed by atoms with Crippen LogP contribution in [-0.2, 0) is 4.79 Å². The smallest absolute Gasteiger partial charge is 0.282 e. The van der Waals surface area contributed by atoms with Gasteiger partial charge in [-0.3, -0.25) is 29.4 Å². The fourth-order valence-electron chi connectivity index (χ4n) is 3.62. The van der Waals surface area contributed by atoms with Crippen molar-refractivity contribution in [2.45, 2.75) is 39.5 Å². The van der Waals surface area contributed by atoms with Gasteiger partial charge < -0.3 is 5.32 Å². The van der Waals surface area contributed by atoms with Crippen molar-refractivity contribution in [3.8, 4) is 0 Å². The van der Waals surface area contributed by atoms with E-state index in [2.05, 4.69) is 5.32 Å². The zero-order valence-corrected chi connectivity index (χ0v) is 16.9. The number of nitrogens with one attached hydrogen (secondary N) is 1. The fourth-order valence-corrected chi connectivity index (χ4v) is 3.62. The molecule has 8 heteroatoms. The van der Waals surface area contributed by atoms with Crippen molar-refractivity contribution in [3.63, 3.8) is 0 Å². The number of anilines is 1. The Morgan fingerprint density at radius 2 is 1.67 bits per heavy atom. The van der Waals surface area contributed by atoms with Gasteiger partial charge in [0.05, 0.1) is 10.5 Å². The van der Waals surface area contributed by atoms with Crippen LogP contribution >= 0.6 is 0 Å². The summed E-state index contributed by atoms with van der Waals surface area (Å²) in [5.41, 5.74) is 2.42. The predicted molar refractivity (Wildman–Crippen MR) is 111 cm³/mol. The van der Waals surface area contributed by atoms with Gasteiger partial charge in [-0.05, 0) is 43.9 Å². The number of para-hydroxylation sites is 1. The van der Waals surface area contributed by atoms with Crippen molar-refractivity contribution in [3.05, 3.63) is 68.8 Å². The van der Waals surface area contributed by atoms with Crippen LogP contribution in [0.5, 0.6) is 0 Å². The third kappa shape index (κ3) is 4.22. The number of benzene rings is 2. The number of carbonyl (C=O) groups is 3. The number of aryl methyl sites for hydroxylation is 2. The molecule has 1 aliphatic heterocycles. The lowest BCUT2D eigenvalue weighted by molar-refractivity contribution is -0.385. The summed E-state index contributed by atoms with van der Waals surface area (Å²) in [7, 11) is 0. The minimum atomic E-state index is -0.651. The quantitative estimate of drug-likeness (QED) is 0.307. The second-order valence-corrected chi connectivity index (χ2v) is 7.34. The highest BCUT2D eigenvalue weighted by Crippen LogP contribution is 2.30.